The second kappa shape index (κ2) is 4.41. The smallest absolute Gasteiger partial charge is 0.408 e. The molecule has 4 heteroatoms. The van der Waals surface area contributed by atoms with Crippen LogP contribution in [-0.4, -0.2) is 41.8 Å². The van der Waals surface area contributed by atoms with Crippen LogP contribution in [0.3, 0.4) is 0 Å². The molecule has 18 heavy (non-hydrogen) atoms. The van der Waals surface area contributed by atoms with E-state index >= 15 is 0 Å². The lowest BCUT2D eigenvalue weighted by Crippen LogP contribution is -2.48. The number of likely N-dealkylation sites (tertiary alicyclic amines) is 1. The van der Waals surface area contributed by atoms with Gasteiger partial charge in [-0.25, -0.2) is 4.79 Å². The Morgan fingerprint density at radius 2 is 2.06 bits per heavy atom. The number of hydrogen-bond donors (Lipinski definition) is 1. The summed E-state index contributed by atoms with van der Waals surface area (Å²) >= 11 is 0. The Morgan fingerprint density at radius 1 is 1.39 bits per heavy atom. The highest BCUT2D eigenvalue weighted by Gasteiger charge is 2.57. The van der Waals surface area contributed by atoms with Crippen LogP contribution in [-0.2, 0) is 4.74 Å². The molecule has 4 nitrogen and oxygen atoms in total. The summed E-state index contributed by atoms with van der Waals surface area (Å²) in [5.41, 5.74) is -0.448. The normalized spacial score (nSPS) is 36.5. The number of carbonyl (C=O) groups excluding carboxylic acids is 1. The van der Waals surface area contributed by atoms with Gasteiger partial charge in [0, 0.05) is 12.6 Å². The minimum absolute atomic E-state index is 0.0259. The van der Waals surface area contributed by atoms with E-state index in [1.54, 1.807) is 0 Å². The molecule has 0 radical (unpaired) electrons. The Kier molecular flexibility index (Phi) is 3.34. The first-order valence-electron chi connectivity index (χ1n) is 6.93. The van der Waals surface area contributed by atoms with Crippen LogP contribution in [0.4, 0.5) is 4.79 Å². The molecule has 2 aliphatic rings. The quantitative estimate of drug-likeness (QED) is 0.781. The summed E-state index contributed by atoms with van der Waals surface area (Å²) in [4.78, 5) is 14.3. The number of likely N-dealkylation sites (N-methyl/N-ethyl adjacent to an activating group) is 1. The van der Waals surface area contributed by atoms with Crippen LogP contribution in [0.15, 0.2) is 0 Å². The zero-order chi connectivity index (χ0) is 13.6. The van der Waals surface area contributed by atoms with Gasteiger partial charge in [-0.05, 0) is 59.9 Å². The lowest BCUT2D eigenvalue weighted by Gasteiger charge is -2.28. The van der Waals surface area contributed by atoms with E-state index in [1.165, 1.54) is 12.8 Å². The Bertz CT molecular complexity index is 337. The summed E-state index contributed by atoms with van der Waals surface area (Å²) in [6.07, 6.45) is 3.26. The van der Waals surface area contributed by atoms with Gasteiger partial charge in [0.1, 0.15) is 5.60 Å². The van der Waals surface area contributed by atoms with E-state index < -0.39 is 5.60 Å². The summed E-state index contributed by atoms with van der Waals surface area (Å²) in [5.74, 6) is 0.636. The largest absolute Gasteiger partial charge is 0.444 e. The fraction of sp³-hybridized carbons (Fsp3) is 0.929. The van der Waals surface area contributed by atoms with Crippen LogP contribution < -0.4 is 5.32 Å². The molecule has 0 unspecified atom stereocenters. The molecule has 1 saturated heterocycles. The van der Waals surface area contributed by atoms with Gasteiger partial charge in [-0.2, -0.15) is 0 Å². The number of fused-ring (bicyclic) bond motifs is 1. The molecule has 2 fully saturated rings. The average molecular weight is 254 g/mol. The summed E-state index contributed by atoms with van der Waals surface area (Å²) in [5, 5.41) is 3.11. The van der Waals surface area contributed by atoms with E-state index in [2.05, 4.69) is 24.2 Å². The van der Waals surface area contributed by atoms with Crippen molar-refractivity contribution in [3.63, 3.8) is 0 Å². The molecule has 0 aromatic carbocycles. The van der Waals surface area contributed by atoms with E-state index in [0.29, 0.717) is 12.0 Å². The molecule has 1 N–H and O–H groups in total. The molecule has 3 atom stereocenters. The number of nitrogens with zero attached hydrogens (tertiary/aromatic N) is 1. The third kappa shape index (κ3) is 2.97. The average Bonchev–Trinajstić information content (AvgIpc) is 2.84. The van der Waals surface area contributed by atoms with Crippen LogP contribution in [0, 0.1) is 5.92 Å². The van der Waals surface area contributed by atoms with E-state index in [4.69, 9.17) is 4.74 Å². The van der Waals surface area contributed by atoms with Crippen molar-refractivity contribution in [2.75, 3.05) is 13.6 Å². The fourth-order valence-electron chi connectivity index (χ4n) is 2.92. The predicted molar refractivity (Wildman–Crippen MR) is 71.5 cm³/mol. The molecule has 0 spiro atoms. The van der Waals surface area contributed by atoms with Gasteiger partial charge in [-0.1, -0.05) is 0 Å². The van der Waals surface area contributed by atoms with Crippen molar-refractivity contribution in [1.29, 1.82) is 0 Å². The van der Waals surface area contributed by atoms with Crippen LogP contribution in [0.5, 0.6) is 0 Å². The first-order valence-corrected chi connectivity index (χ1v) is 6.93. The lowest BCUT2D eigenvalue weighted by molar-refractivity contribution is 0.0478. The molecule has 0 aromatic rings. The third-order valence-corrected chi connectivity index (χ3v) is 4.20. The number of nitrogens with one attached hydrogen (secondary N) is 1. The molecule has 1 aliphatic carbocycles. The first kappa shape index (κ1) is 13.7. The molecule has 1 saturated carbocycles. The molecule has 2 rings (SSSR count). The summed E-state index contributed by atoms with van der Waals surface area (Å²) in [6, 6.07) is 0.607. The van der Waals surface area contributed by atoms with Gasteiger partial charge in [0.15, 0.2) is 0 Å². The maximum atomic E-state index is 11.9. The zero-order valence-electron chi connectivity index (χ0n) is 12.2. The molecule has 1 aliphatic heterocycles. The number of ether oxygens (including phenoxy) is 1. The van der Waals surface area contributed by atoms with Gasteiger partial charge in [0.25, 0.3) is 0 Å². The summed E-state index contributed by atoms with van der Waals surface area (Å²) < 4.78 is 5.37. The predicted octanol–water partition coefficient (Wildman–Crippen LogP) is 2.38. The molecular formula is C14H26N2O2. The molecule has 0 aromatic heterocycles. The second-order valence-corrected chi connectivity index (χ2v) is 7.03. The first-order chi connectivity index (χ1) is 8.22. The minimum Gasteiger partial charge on any atom is -0.444 e. The fourth-order valence-corrected chi connectivity index (χ4v) is 2.92. The van der Waals surface area contributed by atoms with Crippen molar-refractivity contribution in [3.05, 3.63) is 0 Å². The Hall–Kier alpha value is -0.770. The molecule has 104 valence electrons. The number of hydrogen-bond acceptors (Lipinski definition) is 3. The van der Waals surface area contributed by atoms with Gasteiger partial charge in [-0.15, -0.1) is 0 Å². The zero-order valence-corrected chi connectivity index (χ0v) is 12.2. The van der Waals surface area contributed by atoms with Crippen LogP contribution >= 0.6 is 0 Å². The lowest BCUT2D eigenvalue weighted by atomic mass is 10.1. The van der Waals surface area contributed by atoms with Crippen LogP contribution in [0.2, 0.25) is 0 Å². The van der Waals surface area contributed by atoms with Crippen LogP contribution in [0.25, 0.3) is 0 Å². The Balaban J connectivity index is 1.95. The molecule has 1 amide bonds. The number of rotatable bonds is 1. The van der Waals surface area contributed by atoms with Gasteiger partial charge in [0.05, 0.1) is 5.54 Å². The van der Waals surface area contributed by atoms with Crippen molar-refractivity contribution in [1.82, 2.24) is 10.2 Å². The maximum absolute atomic E-state index is 11.9. The highest BCUT2D eigenvalue weighted by molar-refractivity contribution is 5.69. The number of carbonyl (C=O) groups is 1. The maximum Gasteiger partial charge on any atom is 0.408 e. The SMILES string of the molecule is C[C@@H]1CC[C@@H]2C[C@]2(NC(=O)OC(C)(C)C)CN1C. The van der Waals surface area contributed by atoms with Gasteiger partial charge in [-0.3, -0.25) is 0 Å². The topological polar surface area (TPSA) is 41.6 Å². The Labute approximate surface area is 110 Å². The standard InChI is InChI=1S/C14H26N2O2/c1-10-6-7-11-8-14(11,9-16(10)5)15-12(17)18-13(2,3)4/h10-11H,6-9H2,1-5H3,(H,15,17)/t10-,11-,14+/m1/s1. The van der Waals surface area contributed by atoms with Crippen molar-refractivity contribution in [2.24, 2.45) is 5.92 Å². The monoisotopic (exact) mass is 254 g/mol. The Morgan fingerprint density at radius 3 is 2.67 bits per heavy atom. The number of amides is 1. The van der Waals surface area contributed by atoms with Crippen molar-refractivity contribution < 1.29 is 9.53 Å². The summed E-state index contributed by atoms with van der Waals surface area (Å²) in [7, 11) is 2.14. The van der Waals surface area contributed by atoms with Crippen molar-refractivity contribution in [3.8, 4) is 0 Å². The van der Waals surface area contributed by atoms with Gasteiger partial charge < -0.3 is 15.0 Å². The molecule has 0 bridgehead atoms. The molecular weight excluding hydrogens is 228 g/mol. The minimum atomic E-state index is -0.422. The van der Waals surface area contributed by atoms with E-state index in [-0.39, 0.29) is 11.6 Å². The van der Waals surface area contributed by atoms with E-state index in [1.807, 2.05) is 20.8 Å². The highest BCUT2D eigenvalue weighted by Crippen LogP contribution is 2.49. The second-order valence-electron chi connectivity index (χ2n) is 7.03. The van der Waals surface area contributed by atoms with Crippen LogP contribution in [0.1, 0.15) is 47.0 Å². The van der Waals surface area contributed by atoms with Gasteiger partial charge >= 0.3 is 6.09 Å². The third-order valence-electron chi connectivity index (χ3n) is 4.20. The van der Waals surface area contributed by atoms with Gasteiger partial charge in [0.2, 0.25) is 0 Å². The number of alkyl carbamates (subject to hydrolysis) is 1. The van der Waals surface area contributed by atoms with E-state index in [0.717, 1.165) is 13.0 Å². The highest BCUT2D eigenvalue weighted by atomic mass is 16.6. The van der Waals surface area contributed by atoms with Crippen molar-refractivity contribution >= 4 is 6.09 Å². The summed E-state index contributed by atoms with van der Waals surface area (Å²) in [6.45, 7) is 8.89. The molecule has 1 heterocycles. The van der Waals surface area contributed by atoms with E-state index in [9.17, 15) is 4.79 Å². The van der Waals surface area contributed by atoms with Crippen molar-refractivity contribution in [2.45, 2.75) is 64.1 Å².